The van der Waals surface area contributed by atoms with E-state index in [1.165, 1.54) is 5.56 Å². The smallest absolute Gasteiger partial charge is 0.129 e. The van der Waals surface area contributed by atoms with Crippen molar-refractivity contribution in [3.05, 3.63) is 64.4 Å². The molecule has 0 fully saturated rings. The molecule has 1 aromatic carbocycles. The number of benzene rings is 1. The molecule has 1 atom stereocenters. The van der Waals surface area contributed by atoms with Gasteiger partial charge in [0, 0.05) is 12.6 Å². The molecule has 0 aliphatic rings. The highest BCUT2D eigenvalue weighted by molar-refractivity contribution is 6.29. The fourth-order valence-corrected chi connectivity index (χ4v) is 2.18. The van der Waals surface area contributed by atoms with E-state index < -0.39 is 6.10 Å². The number of aliphatic hydroxyl groups excluding tert-OH is 1. The van der Waals surface area contributed by atoms with Crippen molar-refractivity contribution in [3.63, 3.8) is 0 Å². The quantitative estimate of drug-likeness (QED) is 0.854. The van der Waals surface area contributed by atoms with Crippen LogP contribution in [0.15, 0.2) is 42.6 Å². The third-order valence-electron chi connectivity index (χ3n) is 3.38. The predicted octanol–water partition coefficient (Wildman–Crippen LogP) is 4.31. The Bertz CT molecular complexity index is 555. The summed E-state index contributed by atoms with van der Waals surface area (Å²) in [7, 11) is 0. The predicted molar refractivity (Wildman–Crippen MR) is 83.1 cm³/mol. The second-order valence-electron chi connectivity index (χ2n) is 6.08. The Morgan fingerprint density at radius 1 is 1.10 bits per heavy atom. The van der Waals surface area contributed by atoms with Crippen molar-refractivity contribution in [3.8, 4) is 0 Å². The molecule has 0 saturated heterocycles. The molecule has 0 aliphatic heterocycles. The van der Waals surface area contributed by atoms with Gasteiger partial charge in [0.25, 0.3) is 0 Å². The summed E-state index contributed by atoms with van der Waals surface area (Å²) in [6, 6.07) is 11.9. The van der Waals surface area contributed by atoms with Gasteiger partial charge in [-0.15, -0.1) is 0 Å². The van der Waals surface area contributed by atoms with Gasteiger partial charge < -0.3 is 5.11 Å². The van der Waals surface area contributed by atoms with E-state index in [4.69, 9.17) is 11.6 Å². The first-order valence-electron chi connectivity index (χ1n) is 6.75. The van der Waals surface area contributed by atoms with E-state index >= 15 is 0 Å². The average Bonchev–Trinajstić information content (AvgIpc) is 2.39. The molecule has 0 saturated carbocycles. The summed E-state index contributed by atoms with van der Waals surface area (Å²) in [5.41, 5.74) is 3.34. The fourth-order valence-electron chi connectivity index (χ4n) is 2.07. The van der Waals surface area contributed by atoms with Crippen LogP contribution in [0.1, 0.15) is 43.6 Å². The number of hydrogen-bond acceptors (Lipinski definition) is 2. The van der Waals surface area contributed by atoms with Gasteiger partial charge in [0.05, 0.1) is 6.10 Å². The number of nitrogens with zero attached hydrogens (tertiary/aromatic N) is 1. The van der Waals surface area contributed by atoms with Crippen molar-refractivity contribution < 1.29 is 5.11 Å². The second-order valence-corrected chi connectivity index (χ2v) is 6.47. The Kier molecular flexibility index (Phi) is 4.46. The molecule has 3 heteroatoms. The zero-order valence-electron chi connectivity index (χ0n) is 12.1. The van der Waals surface area contributed by atoms with Crippen LogP contribution in [0.5, 0.6) is 0 Å². The first kappa shape index (κ1) is 15.0. The molecule has 2 rings (SSSR count). The largest absolute Gasteiger partial charge is 0.388 e. The maximum Gasteiger partial charge on any atom is 0.129 e. The molecule has 1 heterocycles. The lowest BCUT2D eigenvalue weighted by Crippen LogP contribution is -2.11. The number of rotatable bonds is 3. The monoisotopic (exact) mass is 289 g/mol. The van der Waals surface area contributed by atoms with Gasteiger partial charge >= 0.3 is 0 Å². The first-order chi connectivity index (χ1) is 9.36. The molecular formula is C17H20ClNO. The Labute approximate surface area is 125 Å². The van der Waals surface area contributed by atoms with Gasteiger partial charge in [-0.25, -0.2) is 4.98 Å². The third-order valence-corrected chi connectivity index (χ3v) is 3.61. The molecule has 0 amide bonds. The van der Waals surface area contributed by atoms with E-state index in [1.807, 2.05) is 6.07 Å². The Balaban J connectivity index is 2.08. The summed E-state index contributed by atoms with van der Waals surface area (Å²) in [6.07, 6.45) is 1.64. The van der Waals surface area contributed by atoms with Crippen molar-refractivity contribution in [1.82, 2.24) is 4.98 Å². The SMILES string of the molecule is CC(C)(C)c1ccc(CC(O)c2ccc(Cl)nc2)cc1. The minimum atomic E-state index is -0.555. The third kappa shape index (κ3) is 3.81. The number of hydrogen-bond donors (Lipinski definition) is 1. The minimum Gasteiger partial charge on any atom is -0.388 e. The molecule has 106 valence electrons. The van der Waals surface area contributed by atoms with Crippen LogP contribution in [0.4, 0.5) is 0 Å². The number of aliphatic hydroxyl groups is 1. The molecule has 0 aliphatic carbocycles. The lowest BCUT2D eigenvalue weighted by molar-refractivity contribution is 0.178. The maximum absolute atomic E-state index is 10.2. The topological polar surface area (TPSA) is 33.1 Å². The molecule has 2 aromatic rings. The summed E-state index contributed by atoms with van der Waals surface area (Å²) in [5, 5.41) is 10.7. The highest BCUT2D eigenvalue weighted by atomic mass is 35.5. The van der Waals surface area contributed by atoms with Crippen LogP contribution in [0.2, 0.25) is 5.15 Å². The van der Waals surface area contributed by atoms with Crippen LogP contribution in [0.3, 0.4) is 0 Å². The number of halogens is 1. The summed E-state index contributed by atoms with van der Waals surface area (Å²) < 4.78 is 0. The zero-order valence-corrected chi connectivity index (χ0v) is 12.9. The van der Waals surface area contributed by atoms with Crippen LogP contribution in [-0.2, 0) is 11.8 Å². The molecule has 1 N–H and O–H groups in total. The van der Waals surface area contributed by atoms with Gasteiger partial charge in [-0.2, -0.15) is 0 Å². The van der Waals surface area contributed by atoms with Crippen molar-refractivity contribution in [2.24, 2.45) is 0 Å². The van der Waals surface area contributed by atoms with Gasteiger partial charge in [-0.1, -0.05) is 62.7 Å². The highest BCUT2D eigenvalue weighted by Crippen LogP contribution is 2.24. The second kappa shape index (κ2) is 5.94. The van der Waals surface area contributed by atoms with Gasteiger partial charge in [0.2, 0.25) is 0 Å². The molecule has 2 nitrogen and oxygen atoms in total. The zero-order chi connectivity index (χ0) is 14.8. The van der Waals surface area contributed by atoms with E-state index in [1.54, 1.807) is 12.3 Å². The van der Waals surface area contributed by atoms with Crippen LogP contribution in [-0.4, -0.2) is 10.1 Å². The van der Waals surface area contributed by atoms with Gasteiger partial charge in [-0.3, -0.25) is 0 Å². The molecule has 0 spiro atoms. The van der Waals surface area contributed by atoms with E-state index in [9.17, 15) is 5.11 Å². The van der Waals surface area contributed by atoms with E-state index in [0.717, 1.165) is 11.1 Å². The van der Waals surface area contributed by atoms with E-state index in [0.29, 0.717) is 11.6 Å². The van der Waals surface area contributed by atoms with E-state index in [2.05, 4.69) is 50.0 Å². The maximum atomic E-state index is 10.2. The van der Waals surface area contributed by atoms with Crippen LogP contribution in [0.25, 0.3) is 0 Å². The molecular weight excluding hydrogens is 270 g/mol. The summed E-state index contributed by atoms with van der Waals surface area (Å²) in [6.45, 7) is 6.57. The minimum absolute atomic E-state index is 0.150. The van der Waals surface area contributed by atoms with Gasteiger partial charge in [0.15, 0.2) is 0 Å². The normalized spacial score (nSPS) is 13.2. The Morgan fingerprint density at radius 3 is 2.25 bits per heavy atom. The standard InChI is InChI=1S/C17H20ClNO/c1-17(2,3)14-7-4-12(5-8-14)10-15(20)13-6-9-16(18)19-11-13/h4-9,11,15,20H,10H2,1-3H3. The van der Waals surface area contributed by atoms with Crippen LogP contribution >= 0.6 is 11.6 Å². The van der Waals surface area contributed by atoms with Crippen molar-refractivity contribution in [1.29, 1.82) is 0 Å². The lowest BCUT2D eigenvalue weighted by Gasteiger charge is -2.19. The van der Waals surface area contributed by atoms with Gasteiger partial charge in [-0.05, 0) is 28.2 Å². The first-order valence-corrected chi connectivity index (χ1v) is 7.13. The average molecular weight is 290 g/mol. The van der Waals surface area contributed by atoms with Crippen molar-refractivity contribution in [2.75, 3.05) is 0 Å². The molecule has 1 unspecified atom stereocenters. The van der Waals surface area contributed by atoms with E-state index in [-0.39, 0.29) is 5.41 Å². The molecule has 1 aromatic heterocycles. The summed E-state index contributed by atoms with van der Waals surface area (Å²) in [5.74, 6) is 0. The number of pyridine rings is 1. The Morgan fingerprint density at radius 2 is 1.75 bits per heavy atom. The van der Waals surface area contributed by atoms with Crippen molar-refractivity contribution >= 4 is 11.6 Å². The number of aromatic nitrogens is 1. The van der Waals surface area contributed by atoms with Gasteiger partial charge in [0.1, 0.15) is 5.15 Å². The Hall–Kier alpha value is -1.38. The summed E-state index contributed by atoms with van der Waals surface area (Å²) in [4.78, 5) is 3.99. The summed E-state index contributed by atoms with van der Waals surface area (Å²) >= 11 is 5.74. The fraction of sp³-hybridized carbons (Fsp3) is 0.353. The van der Waals surface area contributed by atoms with Crippen LogP contribution in [0, 0.1) is 0 Å². The molecule has 0 bridgehead atoms. The lowest BCUT2D eigenvalue weighted by atomic mass is 9.86. The van der Waals surface area contributed by atoms with Crippen LogP contribution < -0.4 is 0 Å². The molecule has 0 radical (unpaired) electrons. The highest BCUT2D eigenvalue weighted by Gasteiger charge is 2.14. The molecule has 20 heavy (non-hydrogen) atoms. The van der Waals surface area contributed by atoms with Crippen molar-refractivity contribution in [2.45, 2.75) is 38.7 Å².